The summed E-state index contributed by atoms with van der Waals surface area (Å²) in [7, 11) is 1.94. The molecule has 0 unspecified atom stereocenters. The van der Waals surface area contributed by atoms with Crippen molar-refractivity contribution in [3.05, 3.63) is 11.9 Å². The van der Waals surface area contributed by atoms with Crippen molar-refractivity contribution in [2.24, 2.45) is 5.92 Å². The molecule has 0 amide bonds. The third-order valence-electron chi connectivity index (χ3n) is 4.92. The molecule has 20 heavy (non-hydrogen) atoms. The lowest BCUT2D eigenvalue weighted by Gasteiger charge is -2.44. The van der Waals surface area contributed by atoms with Gasteiger partial charge in [0.25, 0.3) is 0 Å². The maximum absolute atomic E-state index is 4.22. The molecule has 1 N–H and O–H groups in total. The van der Waals surface area contributed by atoms with Gasteiger partial charge < -0.3 is 5.32 Å². The summed E-state index contributed by atoms with van der Waals surface area (Å²) in [6.07, 6.45) is 10.6. The average Bonchev–Trinajstić information content (AvgIpc) is 2.93. The molecule has 0 aromatic carbocycles. The van der Waals surface area contributed by atoms with Crippen molar-refractivity contribution in [3.63, 3.8) is 0 Å². The molecule has 1 aromatic heterocycles. The third-order valence-corrected chi connectivity index (χ3v) is 4.92. The van der Waals surface area contributed by atoms with Crippen LogP contribution in [0.3, 0.4) is 0 Å². The fraction of sp³-hybridized carbons (Fsp3) is 0.867. The minimum atomic E-state index is 0.800. The SMILES string of the molecule is CNCc1cn(CCN2CCC[C@H]3CCCC[C@H]32)nn1. The molecule has 0 bridgehead atoms. The smallest absolute Gasteiger partial charge is 0.0964 e. The van der Waals surface area contributed by atoms with Gasteiger partial charge in [-0.1, -0.05) is 18.1 Å². The first-order valence-electron chi connectivity index (χ1n) is 8.14. The van der Waals surface area contributed by atoms with Gasteiger partial charge in [-0.25, -0.2) is 0 Å². The van der Waals surface area contributed by atoms with Gasteiger partial charge in [0.05, 0.1) is 12.2 Å². The highest BCUT2D eigenvalue weighted by Crippen LogP contribution is 2.34. The zero-order chi connectivity index (χ0) is 13.8. The van der Waals surface area contributed by atoms with E-state index in [1.54, 1.807) is 0 Å². The summed E-state index contributed by atoms with van der Waals surface area (Å²) < 4.78 is 2.00. The van der Waals surface area contributed by atoms with E-state index in [-0.39, 0.29) is 0 Å². The molecule has 2 aliphatic rings. The van der Waals surface area contributed by atoms with E-state index in [9.17, 15) is 0 Å². The van der Waals surface area contributed by atoms with Crippen LogP contribution in [0.15, 0.2) is 6.20 Å². The first kappa shape index (κ1) is 14.0. The summed E-state index contributed by atoms with van der Waals surface area (Å²) in [6, 6.07) is 0.845. The Kier molecular flexibility index (Phi) is 4.68. The summed E-state index contributed by atoms with van der Waals surface area (Å²) in [5, 5.41) is 11.5. The van der Waals surface area contributed by atoms with Crippen LogP contribution in [-0.4, -0.2) is 46.1 Å². The summed E-state index contributed by atoms with van der Waals surface area (Å²) in [6.45, 7) is 4.18. The highest BCUT2D eigenvalue weighted by molar-refractivity contribution is 4.92. The van der Waals surface area contributed by atoms with E-state index in [1.165, 1.54) is 45.1 Å². The van der Waals surface area contributed by atoms with Crippen LogP contribution in [0.2, 0.25) is 0 Å². The zero-order valence-electron chi connectivity index (χ0n) is 12.6. The Balaban J connectivity index is 1.53. The quantitative estimate of drug-likeness (QED) is 0.889. The van der Waals surface area contributed by atoms with Crippen LogP contribution < -0.4 is 5.32 Å². The van der Waals surface area contributed by atoms with E-state index in [0.717, 1.165) is 37.3 Å². The minimum absolute atomic E-state index is 0.800. The predicted molar refractivity (Wildman–Crippen MR) is 79.3 cm³/mol. The number of likely N-dealkylation sites (tertiary alicyclic amines) is 1. The van der Waals surface area contributed by atoms with Crippen LogP contribution in [0.5, 0.6) is 0 Å². The lowest BCUT2D eigenvalue weighted by atomic mass is 9.78. The molecular weight excluding hydrogens is 250 g/mol. The molecule has 2 heterocycles. The van der Waals surface area contributed by atoms with E-state index >= 15 is 0 Å². The van der Waals surface area contributed by atoms with Crippen molar-refractivity contribution in [2.45, 2.75) is 57.7 Å². The van der Waals surface area contributed by atoms with Gasteiger partial charge in [-0.2, -0.15) is 0 Å². The van der Waals surface area contributed by atoms with Crippen molar-refractivity contribution in [1.82, 2.24) is 25.2 Å². The average molecular weight is 277 g/mol. The Morgan fingerprint density at radius 2 is 2.05 bits per heavy atom. The Hall–Kier alpha value is -0.940. The van der Waals surface area contributed by atoms with E-state index < -0.39 is 0 Å². The number of hydrogen-bond acceptors (Lipinski definition) is 4. The zero-order valence-corrected chi connectivity index (χ0v) is 12.6. The van der Waals surface area contributed by atoms with Crippen LogP contribution in [0.25, 0.3) is 0 Å². The molecule has 1 aliphatic heterocycles. The van der Waals surface area contributed by atoms with E-state index in [2.05, 4.69) is 26.7 Å². The fourth-order valence-corrected chi connectivity index (χ4v) is 3.95. The first-order valence-corrected chi connectivity index (χ1v) is 8.14. The summed E-state index contributed by atoms with van der Waals surface area (Å²) in [4.78, 5) is 2.72. The number of aromatic nitrogens is 3. The summed E-state index contributed by atoms with van der Waals surface area (Å²) in [5.41, 5.74) is 1.03. The molecule has 3 rings (SSSR count). The van der Waals surface area contributed by atoms with Crippen LogP contribution in [0.4, 0.5) is 0 Å². The Morgan fingerprint density at radius 1 is 1.20 bits per heavy atom. The van der Waals surface area contributed by atoms with E-state index in [0.29, 0.717) is 0 Å². The van der Waals surface area contributed by atoms with Crippen LogP contribution in [0.1, 0.15) is 44.2 Å². The number of fused-ring (bicyclic) bond motifs is 1. The molecule has 1 saturated carbocycles. The fourth-order valence-electron chi connectivity index (χ4n) is 3.95. The first-order chi connectivity index (χ1) is 9.86. The number of nitrogens with zero attached hydrogens (tertiary/aromatic N) is 4. The molecule has 5 heteroatoms. The normalized spacial score (nSPS) is 27.4. The maximum Gasteiger partial charge on any atom is 0.0964 e. The molecule has 2 fully saturated rings. The molecule has 112 valence electrons. The van der Waals surface area contributed by atoms with Crippen molar-refractivity contribution < 1.29 is 0 Å². The summed E-state index contributed by atoms with van der Waals surface area (Å²) >= 11 is 0. The van der Waals surface area contributed by atoms with Crippen LogP contribution in [0, 0.1) is 5.92 Å². The van der Waals surface area contributed by atoms with Crippen molar-refractivity contribution in [2.75, 3.05) is 20.1 Å². The van der Waals surface area contributed by atoms with Gasteiger partial charge in [-0.15, -0.1) is 5.10 Å². The highest BCUT2D eigenvalue weighted by atomic mass is 15.4. The number of piperidine rings is 1. The van der Waals surface area contributed by atoms with Gasteiger partial charge in [0.2, 0.25) is 0 Å². The molecular formula is C15H27N5. The molecule has 0 spiro atoms. The van der Waals surface area contributed by atoms with Crippen molar-refractivity contribution in [3.8, 4) is 0 Å². The van der Waals surface area contributed by atoms with Gasteiger partial charge in [0.1, 0.15) is 0 Å². The lowest BCUT2D eigenvalue weighted by Crippen LogP contribution is -2.47. The molecule has 1 aromatic rings. The molecule has 0 radical (unpaired) electrons. The number of hydrogen-bond donors (Lipinski definition) is 1. The molecule has 1 aliphatic carbocycles. The highest BCUT2D eigenvalue weighted by Gasteiger charge is 2.32. The van der Waals surface area contributed by atoms with Gasteiger partial charge in [-0.05, 0) is 45.2 Å². The second-order valence-corrected chi connectivity index (χ2v) is 6.29. The second kappa shape index (κ2) is 6.68. The largest absolute Gasteiger partial charge is 0.314 e. The Morgan fingerprint density at radius 3 is 2.95 bits per heavy atom. The van der Waals surface area contributed by atoms with Crippen molar-refractivity contribution in [1.29, 1.82) is 0 Å². The van der Waals surface area contributed by atoms with Gasteiger partial charge in [0, 0.05) is 25.3 Å². The Labute approximate surface area is 121 Å². The van der Waals surface area contributed by atoms with E-state index in [4.69, 9.17) is 0 Å². The Bertz CT molecular complexity index is 414. The number of nitrogens with one attached hydrogen (secondary N) is 1. The molecule has 5 nitrogen and oxygen atoms in total. The van der Waals surface area contributed by atoms with Crippen molar-refractivity contribution >= 4 is 0 Å². The van der Waals surface area contributed by atoms with Gasteiger partial charge >= 0.3 is 0 Å². The van der Waals surface area contributed by atoms with E-state index in [1.807, 2.05) is 11.7 Å². The lowest BCUT2D eigenvalue weighted by molar-refractivity contribution is 0.0573. The maximum atomic E-state index is 4.22. The van der Waals surface area contributed by atoms with Crippen LogP contribution >= 0.6 is 0 Å². The summed E-state index contributed by atoms with van der Waals surface area (Å²) in [5.74, 6) is 0.966. The third kappa shape index (κ3) is 3.20. The van der Waals surface area contributed by atoms with Crippen LogP contribution in [-0.2, 0) is 13.1 Å². The number of rotatable bonds is 5. The standard InChI is InChI=1S/C15H27N5/c1-16-11-14-12-20(18-17-14)10-9-19-8-4-6-13-5-2-3-7-15(13)19/h12-13,15-16H,2-11H2,1H3/t13-,15-/m1/s1. The molecule has 2 atom stereocenters. The topological polar surface area (TPSA) is 46.0 Å². The predicted octanol–water partition coefficient (Wildman–Crippen LogP) is 1.65. The van der Waals surface area contributed by atoms with Gasteiger partial charge in [-0.3, -0.25) is 9.58 Å². The van der Waals surface area contributed by atoms with Gasteiger partial charge in [0.15, 0.2) is 0 Å². The second-order valence-electron chi connectivity index (χ2n) is 6.29. The monoisotopic (exact) mass is 277 g/mol. The molecule has 1 saturated heterocycles. The minimum Gasteiger partial charge on any atom is -0.314 e.